The number of rotatable bonds is 3. The van der Waals surface area contributed by atoms with Crippen LogP contribution in [-0.2, 0) is 0 Å². The number of aliphatic hydroxyl groups excluding tert-OH is 1. The predicted octanol–water partition coefficient (Wildman–Crippen LogP) is 3.66. The molecule has 1 unspecified atom stereocenters. The van der Waals surface area contributed by atoms with Gasteiger partial charge in [-0.15, -0.1) is 12.3 Å². The van der Waals surface area contributed by atoms with E-state index in [0.717, 1.165) is 14.5 Å². The van der Waals surface area contributed by atoms with Gasteiger partial charge in [-0.1, -0.05) is 6.07 Å². The van der Waals surface area contributed by atoms with Gasteiger partial charge in [-0.2, -0.15) is 0 Å². The minimum absolute atomic E-state index is 0.476. The molecule has 1 aromatic carbocycles. The smallest absolute Gasteiger partial charge is 0.0799 e. The molecule has 0 aliphatic carbocycles. The van der Waals surface area contributed by atoms with Gasteiger partial charge in [0.2, 0.25) is 0 Å². The minimum Gasteiger partial charge on any atom is -0.388 e. The van der Waals surface area contributed by atoms with Crippen LogP contribution in [0.1, 0.15) is 24.5 Å². The van der Waals surface area contributed by atoms with Crippen LogP contribution in [0.25, 0.3) is 0 Å². The SMILES string of the molecule is C#CCCC(O)c1ccc(Br)c(Br)c1. The maximum Gasteiger partial charge on any atom is 0.0799 e. The molecule has 0 fully saturated rings. The fourth-order valence-corrected chi connectivity index (χ4v) is 1.75. The van der Waals surface area contributed by atoms with Gasteiger partial charge in [0.25, 0.3) is 0 Å². The topological polar surface area (TPSA) is 20.2 Å². The quantitative estimate of drug-likeness (QED) is 0.844. The molecule has 0 aliphatic rings. The van der Waals surface area contributed by atoms with Crippen molar-refractivity contribution in [2.75, 3.05) is 0 Å². The lowest BCUT2D eigenvalue weighted by Crippen LogP contribution is -1.96. The van der Waals surface area contributed by atoms with Gasteiger partial charge >= 0.3 is 0 Å². The van der Waals surface area contributed by atoms with Crippen molar-refractivity contribution in [3.05, 3.63) is 32.7 Å². The van der Waals surface area contributed by atoms with Crippen LogP contribution in [-0.4, -0.2) is 5.11 Å². The molecule has 0 saturated heterocycles. The van der Waals surface area contributed by atoms with Gasteiger partial charge in [-0.25, -0.2) is 0 Å². The number of benzene rings is 1. The molecule has 1 N–H and O–H groups in total. The van der Waals surface area contributed by atoms with E-state index in [4.69, 9.17) is 6.42 Å². The second kappa shape index (κ2) is 5.55. The summed E-state index contributed by atoms with van der Waals surface area (Å²) in [4.78, 5) is 0. The van der Waals surface area contributed by atoms with Crippen molar-refractivity contribution in [1.29, 1.82) is 0 Å². The lowest BCUT2D eigenvalue weighted by Gasteiger charge is -2.09. The highest BCUT2D eigenvalue weighted by Crippen LogP contribution is 2.27. The highest BCUT2D eigenvalue weighted by atomic mass is 79.9. The Hall–Kier alpha value is -0.300. The molecular weight excluding hydrogens is 308 g/mol. The monoisotopic (exact) mass is 316 g/mol. The molecule has 0 aliphatic heterocycles. The first kappa shape index (κ1) is 11.8. The van der Waals surface area contributed by atoms with Crippen molar-refractivity contribution in [1.82, 2.24) is 0 Å². The zero-order valence-electron chi connectivity index (χ0n) is 7.50. The molecule has 1 nitrogen and oxygen atoms in total. The summed E-state index contributed by atoms with van der Waals surface area (Å²) in [5.41, 5.74) is 0.885. The van der Waals surface area contributed by atoms with Gasteiger partial charge in [0.15, 0.2) is 0 Å². The Balaban J connectivity index is 2.76. The molecule has 1 aromatic rings. The van der Waals surface area contributed by atoms with E-state index in [0.29, 0.717) is 12.8 Å². The molecule has 0 radical (unpaired) electrons. The van der Waals surface area contributed by atoms with Gasteiger partial charge in [0.05, 0.1) is 6.10 Å². The van der Waals surface area contributed by atoms with Gasteiger partial charge in [0.1, 0.15) is 0 Å². The molecule has 1 rings (SSSR count). The predicted molar refractivity (Wildman–Crippen MR) is 64.9 cm³/mol. The standard InChI is InChI=1S/C11H10Br2O/c1-2-3-4-11(14)8-5-6-9(12)10(13)7-8/h1,5-7,11,14H,3-4H2. The fraction of sp³-hybridized carbons (Fsp3) is 0.273. The first-order valence-corrected chi connectivity index (χ1v) is 5.80. The van der Waals surface area contributed by atoms with Crippen molar-refractivity contribution >= 4 is 31.9 Å². The molecule has 0 spiro atoms. The van der Waals surface area contributed by atoms with E-state index in [-0.39, 0.29) is 0 Å². The Morgan fingerprint density at radius 3 is 2.64 bits per heavy atom. The van der Waals surface area contributed by atoms with Gasteiger partial charge in [0, 0.05) is 15.4 Å². The summed E-state index contributed by atoms with van der Waals surface area (Å²) < 4.78 is 1.92. The maximum atomic E-state index is 9.74. The lowest BCUT2D eigenvalue weighted by molar-refractivity contribution is 0.169. The van der Waals surface area contributed by atoms with Gasteiger partial charge in [-0.3, -0.25) is 0 Å². The minimum atomic E-state index is -0.476. The van der Waals surface area contributed by atoms with Crippen molar-refractivity contribution in [3.8, 4) is 12.3 Å². The Morgan fingerprint density at radius 1 is 1.36 bits per heavy atom. The third-order valence-electron chi connectivity index (χ3n) is 1.89. The van der Waals surface area contributed by atoms with Crippen LogP contribution in [0.5, 0.6) is 0 Å². The van der Waals surface area contributed by atoms with Crippen LogP contribution >= 0.6 is 31.9 Å². The summed E-state index contributed by atoms with van der Waals surface area (Å²) in [6.45, 7) is 0. The molecule has 0 aromatic heterocycles. The van der Waals surface area contributed by atoms with Crippen LogP contribution < -0.4 is 0 Å². The van der Waals surface area contributed by atoms with Crippen molar-refractivity contribution in [3.63, 3.8) is 0 Å². The second-order valence-electron chi connectivity index (χ2n) is 2.93. The third-order valence-corrected chi connectivity index (χ3v) is 3.77. The molecule has 3 heteroatoms. The van der Waals surface area contributed by atoms with E-state index in [1.54, 1.807) is 0 Å². The number of hydrogen-bond donors (Lipinski definition) is 1. The number of halogens is 2. The summed E-state index contributed by atoms with van der Waals surface area (Å²) in [5, 5.41) is 9.74. The lowest BCUT2D eigenvalue weighted by atomic mass is 10.1. The summed E-state index contributed by atoms with van der Waals surface area (Å²) in [5.74, 6) is 2.51. The van der Waals surface area contributed by atoms with Crippen LogP contribution in [0.15, 0.2) is 27.1 Å². The highest BCUT2D eigenvalue weighted by Gasteiger charge is 2.07. The van der Waals surface area contributed by atoms with Crippen molar-refractivity contribution in [2.45, 2.75) is 18.9 Å². The number of aliphatic hydroxyl groups is 1. The van der Waals surface area contributed by atoms with E-state index < -0.39 is 6.10 Å². The van der Waals surface area contributed by atoms with Crippen molar-refractivity contribution in [2.24, 2.45) is 0 Å². The average molecular weight is 318 g/mol. The van der Waals surface area contributed by atoms with E-state index in [1.165, 1.54) is 0 Å². The first-order chi connectivity index (χ1) is 6.65. The molecule has 74 valence electrons. The van der Waals surface area contributed by atoms with Crippen LogP contribution in [0.4, 0.5) is 0 Å². The summed E-state index contributed by atoms with van der Waals surface area (Å²) in [6.07, 6.45) is 5.85. The van der Waals surface area contributed by atoms with Crippen LogP contribution in [0.2, 0.25) is 0 Å². The number of hydrogen-bond acceptors (Lipinski definition) is 1. The molecule has 0 bridgehead atoms. The second-order valence-corrected chi connectivity index (χ2v) is 4.64. The average Bonchev–Trinajstić information content (AvgIpc) is 2.18. The molecule has 0 saturated carbocycles. The Labute approximate surface area is 101 Å². The van der Waals surface area contributed by atoms with Crippen LogP contribution in [0.3, 0.4) is 0 Å². The Bertz CT molecular complexity index is 355. The van der Waals surface area contributed by atoms with E-state index in [1.807, 2.05) is 18.2 Å². The molecule has 0 amide bonds. The molecule has 14 heavy (non-hydrogen) atoms. The largest absolute Gasteiger partial charge is 0.388 e. The first-order valence-electron chi connectivity index (χ1n) is 4.21. The van der Waals surface area contributed by atoms with E-state index in [9.17, 15) is 5.11 Å². The number of terminal acetylenes is 1. The van der Waals surface area contributed by atoms with E-state index >= 15 is 0 Å². The molecular formula is C11H10Br2O. The van der Waals surface area contributed by atoms with Gasteiger partial charge in [-0.05, 0) is 56.0 Å². The van der Waals surface area contributed by atoms with Crippen LogP contribution in [0, 0.1) is 12.3 Å². The zero-order chi connectivity index (χ0) is 10.6. The normalized spacial score (nSPS) is 12.1. The molecule has 1 atom stereocenters. The highest BCUT2D eigenvalue weighted by molar-refractivity contribution is 9.13. The van der Waals surface area contributed by atoms with Gasteiger partial charge < -0.3 is 5.11 Å². The Morgan fingerprint density at radius 2 is 2.07 bits per heavy atom. The molecule has 0 heterocycles. The third kappa shape index (κ3) is 3.13. The zero-order valence-corrected chi connectivity index (χ0v) is 10.7. The summed E-state index contributed by atoms with van der Waals surface area (Å²) in [6, 6.07) is 5.68. The summed E-state index contributed by atoms with van der Waals surface area (Å²) >= 11 is 6.75. The van der Waals surface area contributed by atoms with Crippen molar-refractivity contribution < 1.29 is 5.11 Å². The van der Waals surface area contributed by atoms with E-state index in [2.05, 4.69) is 37.8 Å². The summed E-state index contributed by atoms with van der Waals surface area (Å²) in [7, 11) is 0. The maximum absolute atomic E-state index is 9.74. The Kier molecular flexibility index (Phi) is 4.67. The fourth-order valence-electron chi connectivity index (χ4n) is 1.11.